The number of likely N-dealkylation sites (N-methyl/N-ethyl adjacent to an activating group) is 1. The molecule has 1 aliphatic heterocycles. The number of anilines is 3. The van der Waals surface area contributed by atoms with E-state index in [-0.39, 0.29) is 11.9 Å². The van der Waals surface area contributed by atoms with Gasteiger partial charge in [0.2, 0.25) is 0 Å². The van der Waals surface area contributed by atoms with Crippen LogP contribution in [0.5, 0.6) is 0 Å². The Morgan fingerprint density at radius 3 is 2.21 bits per heavy atom. The minimum atomic E-state index is -0.106. The number of rotatable bonds is 12. The molecule has 3 aromatic rings. The first-order valence-corrected chi connectivity index (χ1v) is 14.1. The van der Waals surface area contributed by atoms with Gasteiger partial charge in [0.15, 0.2) is 0 Å². The molecule has 1 aliphatic rings. The van der Waals surface area contributed by atoms with E-state index >= 15 is 0 Å². The minimum Gasteiger partial charge on any atom is -0.374 e. The zero-order chi connectivity index (χ0) is 27.1. The molecule has 3 N–H and O–H groups in total. The molecule has 4 rings (SSSR count). The molecule has 8 heteroatoms. The summed E-state index contributed by atoms with van der Waals surface area (Å²) in [5, 5.41) is 10.4. The van der Waals surface area contributed by atoms with Crippen LogP contribution in [0, 0.1) is 6.92 Å². The Bertz CT molecular complexity index is 1230. The van der Waals surface area contributed by atoms with Gasteiger partial charge in [-0.3, -0.25) is 9.69 Å². The molecule has 0 aromatic heterocycles. The third-order valence-electron chi connectivity index (χ3n) is 6.84. The van der Waals surface area contributed by atoms with E-state index in [1.807, 2.05) is 26.2 Å². The van der Waals surface area contributed by atoms with Crippen LogP contribution in [0.3, 0.4) is 0 Å². The van der Waals surface area contributed by atoms with Gasteiger partial charge in [0, 0.05) is 67.0 Å². The summed E-state index contributed by atoms with van der Waals surface area (Å²) in [7, 11) is 3.99. The number of aryl methyl sites for hydroxylation is 1. The molecule has 3 aromatic carbocycles. The largest absolute Gasteiger partial charge is 0.374 e. The number of para-hydroxylation sites is 2. The highest BCUT2D eigenvalue weighted by atomic mass is 35.5. The van der Waals surface area contributed by atoms with Crippen molar-refractivity contribution in [1.82, 2.24) is 15.1 Å². The van der Waals surface area contributed by atoms with Gasteiger partial charge in [-0.15, -0.1) is 23.2 Å². The molecule has 1 unspecified atom stereocenters. The maximum absolute atomic E-state index is 13.2. The van der Waals surface area contributed by atoms with Gasteiger partial charge in [-0.1, -0.05) is 42.5 Å². The molecule has 0 aliphatic carbocycles. The SMILES string of the molecule is Cc1cccc2c1Nc1c(C(=O)NCCN(C)C)cccc1C2Nc1ccc(CN(CCCl)CCCl)cc1. The molecule has 0 saturated heterocycles. The molecule has 0 spiro atoms. The van der Waals surface area contributed by atoms with Crippen LogP contribution in [-0.4, -0.2) is 67.7 Å². The lowest BCUT2D eigenvalue weighted by Crippen LogP contribution is -2.32. The maximum atomic E-state index is 13.2. The highest BCUT2D eigenvalue weighted by Gasteiger charge is 2.29. The number of nitrogens with zero attached hydrogens (tertiary/aromatic N) is 2. The number of nitrogens with one attached hydrogen (secondary N) is 3. The topological polar surface area (TPSA) is 59.6 Å². The van der Waals surface area contributed by atoms with Crippen molar-refractivity contribution in [1.29, 1.82) is 0 Å². The number of fused-ring (bicyclic) bond motifs is 2. The van der Waals surface area contributed by atoms with Crippen LogP contribution in [0.1, 0.15) is 38.7 Å². The van der Waals surface area contributed by atoms with Crippen molar-refractivity contribution in [2.45, 2.75) is 19.5 Å². The Morgan fingerprint density at radius 1 is 0.895 bits per heavy atom. The molecular weight excluding hydrogens is 517 g/mol. The quantitative estimate of drug-likeness (QED) is 0.246. The Balaban J connectivity index is 1.61. The lowest BCUT2D eigenvalue weighted by Gasteiger charge is -2.33. The second-order valence-electron chi connectivity index (χ2n) is 9.92. The summed E-state index contributed by atoms with van der Waals surface area (Å²) < 4.78 is 0. The summed E-state index contributed by atoms with van der Waals surface area (Å²) in [4.78, 5) is 17.5. The second-order valence-corrected chi connectivity index (χ2v) is 10.7. The average molecular weight is 555 g/mol. The zero-order valence-corrected chi connectivity index (χ0v) is 23.9. The summed E-state index contributed by atoms with van der Waals surface area (Å²) in [6, 6.07) is 20.7. The summed E-state index contributed by atoms with van der Waals surface area (Å²) in [6.45, 7) is 5.89. The monoisotopic (exact) mass is 553 g/mol. The molecule has 6 nitrogen and oxygen atoms in total. The summed E-state index contributed by atoms with van der Waals surface area (Å²) in [5.74, 6) is 1.09. The summed E-state index contributed by atoms with van der Waals surface area (Å²) in [5.41, 5.74) is 8.10. The average Bonchev–Trinajstić information content (AvgIpc) is 2.90. The Morgan fingerprint density at radius 2 is 1.55 bits per heavy atom. The molecule has 1 atom stereocenters. The fourth-order valence-corrected chi connectivity index (χ4v) is 5.30. The van der Waals surface area contributed by atoms with Crippen molar-refractivity contribution < 1.29 is 4.79 Å². The maximum Gasteiger partial charge on any atom is 0.253 e. The third-order valence-corrected chi connectivity index (χ3v) is 7.17. The number of halogens is 2. The first-order chi connectivity index (χ1) is 18.4. The summed E-state index contributed by atoms with van der Waals surface area (Å²) >= 11 is 11.9. The van der Waals surface area contributed by atoms with Crippen molar-refractivity contribution in [3.05, 3.63) is 88.5 Å². The molecule has 1 amide bonds. The van der Waals surface area contributed by atoms with Crippen LogP contribution >= 0.6 is 23.2 Å². The van der Waals surface area contributed by atoms with Crippen LogP contribution in [-0.2, 0) is 6.54 Å². The van der Waals surface area contributed by atoms with Crippen LogP contribution in [0.15, 0.2) is 60.7 Å². The van der Waals surface area contributed by atoms with E-state index in [9.17, 15) is 4.79 Å². The Hall–Kier alpha value is -2.77. The van der Waals surface area contributed by atoms with Gasteiger partial charge in [-0.05, 0) is 50.3 Å². The zero-order valence-electron chi connectivity index (χ0n) is 22.4. The molecule has 38 heavy (non-hydrogen) atoms. The standard InChI is InChI=1S/C30H37Cl2N5O/c1-21-6-4-7-24-27(21)35-29-25(8-5-9-26(29)30(38)33-16-19-36(2)3)28(24)34-23-12-10-22(11-13-23)20-37(17-14-31)18-15-32/h4-13,28,34-35H,14-20H2,1-3H3,(H,33,38). The molecule has 0 saturated carbocycles. The number of alkyl halides is 2. The molecule has 0 bridgehead atoms. The Kier molecular flexibility index (Phi) is 9.91. The normalized spacial score (nSPS) is 14.1. The number of carbonyl (C=O) groups excluding carboxylic acids is 1. The van der Waals surface area contributed by atoms with Gasteiger partial charge in [0.1, 0.15) is 0 Å². The van der Waals surface area contributed by atoms with E-state index in [0.717, 1.165) is 59.9 Å². The van der Waals surface area contributed by atoms with Crippen molar-refractivity contribution in [2.24, 2.45) is 0 Å². The fraction of sp³-hybridized carbons (Fsp3) is 0.367. The van der Waals surface area contributed by atoms with Crippen LogP contribution in [0.4, 0.5) is 17.1 Å². The van der Waals surface area contributed by atoms with E-state index in [0.29, 0.717) is 23.9 Å². The molecular formula is C30H37Cl2N5O. The van der Waals surface area contributed by atoms with Gasteiger partial charge in [0.25, 0.3) is 5.91 Å². The van der Waals surface area contributed by atoms with Gasteiger partial charge in [-0.2, -0.15) is 0 Å². The van der Waals surface area contributed by atoms with Gasteiger partial charge in [-0.25, -0.2) is 0 Å². The molecule has 202 valence electrons. The van der Waals surface area contributed by atoms with Gasteiger partial charge in [0.05, 0.1) is 17.3 Å². The number of benzene rings is 3. The predicted octanol–water partition coefficient (Wildman–Crippen LogP) is 5.82. The summed E-state index contributed by atoms with van der Waals surface area (Å²) in [6.07, 6.45) is 0. The smallest absolute Gasteiger partial charge is 0.253 e. The van der Waals surface area contributed by atoms with E-state index < -0.39 is 0 Å². The highest BCUT2D eigenvalue weighted by molar-refractivity contribution is 6.18. The number of hydrogen-bond acceptors (Lipinski definition) is 5. The van der Waals surface area contributed by atoms with Crippen molar-refractivity contribution in [2.75, 3.05) is 62.7 Å². The van der Waals surface area contributed by atoms with E-state index in [4.69, 9.17) is 23.2 Å². The van der Waals surface area contributed by atoms with Crippen LogP contribution in [0.2, 0.25) is 0 Å². The van der Waals surface area contributed by atoms with Crippen LogP contribution in [0.25, 0.3) is 0 Å². The van der Waals surface area contributed by atoms with E-state index in [2.05, 4.69) is 81.2 Å². The van der Waals surface area contributed by atoms with Crippen molar-refractivity contribution >= 4 is 46.2 Å². The Labute approximate surface area is 236 Å². The van der Waals surface area contributed by atoms with Crippen LogP contribution < -0.4 is 16.0 Å². The molecule has 0 fully saturated rings. The van der Waals surface area contributed by atoms with E-state index in [1.54, 1.807) is 0 Å². The first-order valence-electron chi connectivity index (χ1n) is 13.0. The van der Waals surface area contributed by atoms with Gasteiger partial charge >= 0.3 is 0 Å². The molecule has 1 heterocycles. The molecule has 0 radical (unpaired) electrons. The lowest BCUT2D eigenvalue weighted by molar-refractivity contribution is 0.0952. The third kappa shape index (κ3) is 6.80. The number of amides is 1. The van der Waals surface area contributed by atoms with Gasteiger partial charge < -0.3 is 20.9 Å². The van der Waals surface area contributed by atoms with E-state index in [1.165, 1.54) is 5.56 Å². The van der Waals surface area contributed by atoms with Crippen molar-refractivity contribution in [3.63, 3.8) is 0 Å². The second kappa shape index (κ2) is 13.3. The number of hydrogen-bond donors (Lipinski definition) is 3. The fourth-order valence-electron chi connectivity index (χ4n) is 4.82. The highest BCUT2D eigenvalue weighted by Crippen LogP contribution is 2.44. The predicted molar refractivity (Wildman–Crippen MR) is 160 cm³/mol. The first kappa shape index (κ1) is 28.2. The van der Waals surface area contributed by atoms with Crippen molar-refractivity contribution in [3.8, 4) is 0 Å². The lowest BCUT2D eigenvalue weighted by atomic mass is 9.88. The number of carbonyl (C=O) groups is 1. The minimum absolute atomic E-state index is 0.0743.